The van der Waals surface area contributed by atoms with Gasteiger partial charge in [-0.2, -0.15) is 0 Å². The lowest BCUT2D eigenvalue weighted by Gasteiger charge is -2.21. The zero-order chi connectivity index (χ0) is 19.6. The van der Waals surface area contributed by atoms with Gasteiger partial charge in [-0.05, 0) is 30.7 Å². The number of anilines is 1. The average molecular weight is 388 g/mol. The molecule has 1 N–H and O–H groups in total. The summed E-state index contributed by atoms with van der Waals surface area (Å²) in [5, 5.41) is 0.548. The summed E-state index contributed by atoms with van der Waals surface area (Å²) >= 11 is 1.42. The Kier molecular flexibility index (Phi) is 5.72. The molecule has 7 heteroatoms. The number of hydrogen-bond donors (Lipinski definition) is 1. The number of aryl methyl sites for hydroxylation is 1. The number of hydrogen-bond acceptors (Lipinski definition) is 4. The third kappa shape index (κ3) is 3.94. The van der Waals surface area contributed by atoms with E-state index >= 15 is 0 Å². The van der Waals surface area contributed by atoms with Gasteiger partial charge in [-0.3, -0.25) is 9.69 Å². The molecule has 0 radical (unpaired) electrons. The normalized spacial score (nSPS) is 11.2. The van der Waals surface area contributed by atoms with Crippen LogP contribution in [0.5, 0.6) is 5.75 Å². The van der Waals surface area contributed by atoms with E-state index in [1.54, 1.807) is 24.1 Å². The Hall–Kier alpha value is -2.51. The third-order valence-electron chi connectivity index (χ3n) is 4.33. The first-order chi connectivity index (χ1) is 12.9. The monoisotopic (exact) mass is 388 g/mol. The molecule has 3 rings (SSSR count). The SMILES string of the molecule is COc1ccc(C)c2sc(N(CC[NH+](C)C)C(=O)c3ccccc3F)nc12. The highest BCUT2D eigenvalue weighted by Gasteiger charge is 2.25. The minimum absolute atomic E-state index is 0.0502. The van der Waals surface area contributed by atoms with Gasteiger partial charge in [-0.15, -0.1) is 0 Å². The first-order valence-electron chi connectivity index (χ1n) is 8.72. The number of nitrogens with one attached hydrogen (secondary N) is 1. The van der Waals surface area contributed by atoms with E-state index in [-0.39, 0.29) is 11.5 Å². The zero-order valence-electron chi connectivity index (χ0n) is 15.9. The molecule has 0 saturated heterocycles. The number of ether oxygens (including phenoxy) is 1. The smallest absolute Gasteiger partial charge is 0.263 e. The van der Waals surface area contributed by atoms with Crippen molar-refractivity contribution < 1.29 is 18.8 Å². The number of carbonyl (C=O) groups excluding carboxylic acids is 1. The molecule has 1 aromatic heterocycles. The molecule has 0 saturated carbocycles. The predicted molar refractivity (Wildman–Crippen MR) is 107 cm³/mol. The zero-order valence-corrected chi connectivity index (χ0v) is 16.7. The third-order valence-corrected chi connectivity index (χ3v) is 5.54. The van der Waals surface area contributed by atoms with Gasteiger partial charge in [0.2, 0.25) is 0 Å². The van der Waals surface area contributed by atoms with Crippen molar-refractivity contribution in [3.8, 4) is 5.75 Å². The number of carbonyl (C=O) groups is 1. The number of likely N-dealkylation sites (N-methyl/N-ethyl adjacent to an activating group) is 1. The molecule has 5 nitrogen and oxygen atoms in total. The Morgan fingerprint density at radius 3 is 2.67 bits per heavy atom. The van der Waals surface area contributed by atoms with Crippen LogP contribution in [0.4, 0.5) is 9.52 Å². The number of methoxy groups -OCH3 is 1. The summed E-state index contributed by atoms with van der Waals surface area (Å²) in [5.74, 6) is -0.251. The van der Waals surface area contributed by atoms with Crippen molar-refractivity contribution in [3.05, 3.63) is 53.3 Å². The van der Waals surface area contributed by atoms with E-state index in [0.29, 0.717) is 24.0 Å². The summed E-state index contributed by atoms with van der Waals surface area (Å²) < 4.78 is 20.6. The summed E-state index contributed by atoms with van der Waals surface area (Å²) in [6.45, 7) is 3.15. The van der Waals surface area contributed by atoms with Crippen molar-refractivity contribution in [1.29, 1.82) is 0 Å². The molecule has 1 amide bonds. The number of rotatable bonds is 6. The molecule has 27 heavy (non-hydrogen) atoms. The van der Waals surface area contributed by atoms with E-state index in [2.05, 4.69) is 4.98 Å². The number of benzene rings is 2. The summed E-state index contributed by atoms with van der Waals surface area (Å²) in [5.41, 5.74) is 1.83. The van der Waals surface area contributed by atoms with E-state index in [9.17, 15) is 9.18 Å². The predicted octanol–water partition coefficient (Wildman–Crippen LogP) is 2.54. The summed E-state index contributed by atoms with van der Waals surface area (Å²) in [6, 6.07) is 9.88. The highest BCUT2D eigenvalue weighted by atomic mass is 32.1. The fourth-order valence-corrected chi connectivity index (χ4v) is 3.85. The number of nitrogens with zero attached hydrogens (tertiary/aromatic N) is 2. The van der Waals surface area contributed by atoms with E-state index in [0.717, 1.165) is 15.8 Å². The number of thiazole rings is 1. The first kappa shape index (κ1) is 19.3. The lowest BCUT2D eigenvalue weighted by Crippen LogP contribution is -3.06. The molecule has 0 aliphatic heterocycles. The van der Waals surface area contributed by atoms with Crippen LogP contribution in [0.1, 0.15) is 15.9 Å². The van der Waals surface area contributed by atoms with Crippen LogP contribution in [0.25, 0.3) is 10.2 Å². The molecule has 142 valence electrons. The fourth-order valence-electron chi connectivity index (χ4n) is 2.78. The second kappa shape index (κ2) is 8.02. The summed E-state index contributed by atoms with van der Waals surface area (Å²) in [7, 11) is 5.62. The van der Waals surface area contributed by atoms with Crippen LogP contribution >= 0.6 is 11.3 Å². The van der Waals surface area contributed by atoms with E-state index in [1.807, 2.05) is 33.2 Å². The molecule has 0 bridgehead atoms. The van der Waals surface area contributed by atoms with E-state index in [4.69, 9.17) is 4.74 Å². The van der Waals surface area contributed by atoms with Crippen LogP contribution < -0.4 is 14.5 Å². The van der Waals surface area contributed by atoms with Gasteiger partial charge in [0.25, 0.3) is 5.91 Å². The van der Waals surface area contributed by atoms with Gasteiger partial charge in [-0.1, -0.05) is 29.5 Å². The lowest BCUT2D eigenvalue weighted by atomic mass is 10.2. The molecule has 1 heterocycles. The van der Waals surface area contributed by atoms with Crippen molar-refractivity contribution in [2.45, 2.75) is 6.92 Å². The van der Waals surface area contributed by atoms with Crippen LogP contribution in [-0.4, -0.2) is 45.2 Å². The van der Waals surface area contributed by atoms with Crippen molar-refractivity contribution in [1.82, 2.24) is 4.98 Å². The maximum Gasteiger partial charge on any atom is 0.263 e. The molecular formula is C20H23FN3O2S+. The number of quaternary nitrogens is 1. The van der Waals surface area contributed by atoms with Crippen LogP contribution in [0.15, 0.2) is 36.4 Å². The number of halogens is 1. The minimum Gasteiger partial charge on any atom is -0.494 e. The highest BCUT2D eigenvalue weighted by molar-refractivity contribution is 7.22. The van der Waals surface area contributed by atoms with Crippen LogP contribution in [-0.2, 0) is 0 Å². The minimum atomic E-state index is -0.528. The Morgan fingerprint density at radius 2 is 2.00 bits per heavy atom. The van der Waals surface area contributed by atoms with E-state index < -0.39 is 5.82 Å². The molecule has 0 fully saturated rings. The highest BCUT2D eigenvalue weighted by Crippen LogP contribution is 2.36. The molecule has 2 aromatic carbocycles. The topological polar surface area (TPSA) is 46.9 Å². The van der Waals surface area contributed by atoms with Crippen LogP contribution in [0.2, 0.25) is 0 Å². The van der Waals surface area contributed by atoms with Crippen molar-refractivity contribution >= 4 is 32.6 Å². The van der Waals surface area contributed by atoms with Crippen LogP contribution in [0, 0.1) is 12.7 Å². The Morgan fingerprint density at radius 1 is 1.26 bits per heavy atom. The summed E-state index contributed by atoms with van der Waals surface area (Å²) in [6.07, 6.45) is 0. The van der Waals surface area contributed by atoms with Gasteiger partial charge < -0.3 is 9.64 Å². The lowest BCUT2D eigenvalue weighted by molar-refractivity contribution is -0.856. The summed E-state index contributed by atoms with van der Waals surface area (Å²) in [4.78, 5) is 20.5. The van der Waals surface area contributed by atoms with Gasteiger partial charge >= 0.3 is 0 Å². The fraction of sp³-hybridized carbons (Fsp3) is 0.300. The number of fused-ring (bicyclic) bond motifs is 1. The van der Waals surface area contributed by atoms with E-state index in [1.165, 1.54) is 28.4 Å². The van der Waals surface area contributed by atoms with Gasteiger partial charge in [0.15, 0.2) is 5.13 Å². The van der Waals surface area contributed by atoms with Crippen molar-refractivity contribution in [3.63, 3.8) is 0 Å². The Labute approximate surface area is 162 Å². The second-order valence-corrected chi connectivity index (χ2v) is 7.63. The van der Waals surface area contributed by atoms with Gasteiger partial charge in [-0.25, -0.2) is 9.37 Å². The number of amides is 1. The van der Waals surface area contributed by atoms with Gasteiger partial charge in [0.05, 0.1) is 44.6 Å². The molecule has 0 spiro atoms. The van der Waals surface area contributed by atoms with Crippen LogP contribution in [0.3, 0.4) is 0 Å². The number of aromatic nitrogens is 1. The molecule has 0 unspecified atom stereocenters. The maximum atomic E-state index is 14.2. The average Bonchev–Trinajstić information content (AvgIpc) is 3.08. The van der Waals surface area contributed by atoms with Gasteiger partial charge in [0, 0.05) is 0 Å². The second-order valence-electron chi connectivity index (χ2n) is 6.65. The Bertz CT molecular complexity index is 971. The van der Waals surface area contributed by atoms with Gasteiger partial charge in [0.1, 0.15) is 17.1 Å². The van der Waals surface area contributed by atoms with Crippen molar-refractivity contribution in [2.75, 3.05) is 39.2 Å². The maximum absolute atomic E-state index is 14.2. The quantitative estimate of drug-likeness (QED) is 0.706. The molecule has 0 aliphatic rings. The Balaban J connectivity index is 2.08. The molecule has 0 aliphatic carbocycles. The largest absolute Gasteiger partial charge is 0.494 e. The van der Waals surface area contributed by atoms with Crippen molar-refractivity contribution in [2.24, 2.45) is 0 Å². The molecule has 3 aromatic rings. The molecular weight excluding hydrogens is 365 g/mol. The first-order valence-corrected chi connectivity index (χ1v) is 9.53. The standard InChI is InChI=1S/C20H22FN3O2S/c1-13-9-10-16(26-4)17-18(13)27-20(22-17)24(12-11-23(2)3)19(25)14-7-5-6-8-15(14)21/h5-10H,11-12H2,1-4H3/p+1. The molecule has 0 atom stereocenters.